The van der Waals surface area contributed by atoms with Crippen LogP contribution in [0.5, 0.6) is 0 Å². The number of hydrogen-bond donors (Lipinski definition) is 4. The van der Waals surface area contributed by atoms with Crippen LogP contribution in [-0.2, 0) is 28.2 Å². The van der Waals surface area contributed by atoms with E-state index in [1.54, 1.807) is 6.92 Å². The molecule has 0 spiro atoms. The molecular weight excluding hydrogens is 383 g/mol. The van der Waals surface area contributed by atoms with Crippen LogP contribution < -0.4 is 11.1 Å². The number of carboxylic acids is 1. The smallest absolute Gasteiger partial charge is 0.410 e. The van der Waals surface area contributed by atoms with E-state index in [0.29, 0.717) is 12.5 Å². The first-order chi connectivity index (χ1) is 12.4. The van der Waals surface area contributed by atoms with Gasteiger partial charge in [-0.15, -0.1) is 0 Å². The number of alkyl carbamates (subject to hydrolysis) is 1. The largest absolute Gasteiger partial charge is 0.480 e. The molecule has 0 fully saturated rings. The van der Waals surface area contributed by atoms with Crippen molar-refractivity contribution < 1.29 is 42.9 Å². The van der Waals surface area contributed by atoms with E-state index in [-0.39, 0.29) is 5.92 Å². The standard InChI is InChI=1S/C12H22NO9P.C3H9N/c1-3-4-5-9(2)11(16)20-8-21-12(17)13-7-23(18,19)22-6-10(14)15;1-3(2)4/h9H,3-8H2,1-2H3,(H,13,17)(H,14,15)(H,18,19);3H,4H2,1-2H3. The molecule has 160 valence electrons. The van der Waals surface area contributed by atoms with Gasteiger partial charge in [-0.3, -0.25) is 13.9 Å². The van der Waals surface area contributed by atoms with Gasteiger partial charge in [-0.05, 0) is 12.5 Å². The lowest BCUT2D eigenvalue weighted by Gasteiger charge is -2.13. The van der Waals surface area contributed by atoms with Crippen LogP contribution in [0.1, 0.15) is 47.0 Å². The maximum absolute atomic E-state index is 11.5. The minimum atomic E-state index is -4.28. The van der Waals surface area contributed by atoms with Gasteiger partial charge in [0.25, 0.3) is 0 Å². The first-order valence-corrected chi connectivity index (χ1v) is 10.2. The Morgan fingerprint density at radius 2 is 1.74 bits per heavy atom. The molecule has 2 unspecified atom stereocenters. The summed E-state index contributed by atoms with van der Waals surface area (Å²) in [5, 5.41) is 10.2. The molecule has 5 N–H and O–H groups in total. The molecule has 0 bridgehead atoms. The number of rotatable bonds is 11. The highest BCUT2D eigenvalue weighted by Gasteiger charge is 2.22. The van der Waals surface area contributed by atoms with Crippen LogP contribution in [0.4, 0.5) is 4.79 Å². The average Bonchev–Trinajstić information content (AvgIpc) is 2.55. The fraction of sp³-hybridized carbons (Fsp3) is 0.800. The van der Waals surface area contributed by atoms with E-state index in [1.807, 2.05) is 26.1 Å². The monoisotopic (exact) mass is 414 g/mol. The molecule has 2 atom stereocenters. The molecule has 1 amide bonds. The minimum Gasteiger partial charge on any atom is -0.480 e. The number of ether oxygens (including phenoxy) is 2. The SMILES string of the molecule is CC(C)N.CCCCC(C)C(=O)OCOC(=O)NCP(=O)(O)OCC(=O)O. The first-order valence-electron chi connectivity index (χ1n) is 8.42. The maximum Gasteiger partial charge on any atom is 0.410 e. The summed E-state index contributed by atoms with van der Waals surface area (Å²) in [7, 11) is -4.28. The van der Waals surface area contributed by atoms with Crippen LogP contribution in [0, 0.1) is 5.92 Å². The summed E-state index contributed by atoms with van der Waals surface area (Å²) < 4.78 is 24.7. The Kier molecular flexibility index (Phi) is 15.7. The highest BCUT2D eigenvalue weighted by Crippen LogP contribution is 2.39. The quantitative estimate of drug-likeness (QED) is 0.221. The third-order valence-electron chi connectivity index (χ3n) is 2.60. The van der Waals surface area contributed by atoms with Crippen LogP contribution in [0.15, 0.2) is 0 Å². The second-order valence-corrected chi connectivity index (χ2v) is 7.79. The summed E-state index contributed by atoms with van der Waals surface area (Å²) in [4.78, 5) is 42.1. The van der Waals surface area contributed by atoms with Gasteiger partial charge in [-0.25, -0.2) is 9.59 Å². The number of nitrogens with two attached hydrogens (primary N) is 1. The van der Waals surface area contributed by atoms with Crippen molar-refractivity contribution in [3.05, 3.63) is 0 Å². The van der Waals surface area contributed by atoms with Crippen molar-refractivity contribution in [1.82, 2.24) is 5.32 Å². The minimum absolute atomic E-state index is 0.316. The molecule has 0 heterocycles. The summed E-state index contributed by atoms with van der Waals surface area (Å²) in [6.07, 6.45) is 0.546. The average molecular weight is 414 g/mol. The van der Waals surface area contributed by atoms with E-state index in [9.17, 15) is 23.8 Å². The van der Waals surface area contributed by atoms with Crippen molar-refractivity contribution in [3.63, 3.8) is 0 Å². The van der Waals surface area contributed by atoms with E-state index in [1.165, 1.54) is 0 Å². The van der Waals surface area contributed by atoms with Gasteiger partial charge in [0, 0.05) is 0 Å². The van der Waals surface area contributed by atoms with E-state index in [0.717, 1.165) is 12.8 Å². The summed E-state index contributed by atoms with van der Waals surface area (Å²) >= 11 is 0. The Morgan fingerprint density at radius 3 is 2.22 bits per heavy atom. The number of amides is 1. The molecule has 12 heteroatoms. The van der Waals surface area contributed by atoms with E-state index >= 15 is 0 Å². The van der Waals surface area contributed by atoms with Crippen LogP contribution in [0.3, 0.4) is 0 Å². The number of aliphatic carboxylic acids is 1. The zero-order chi connectivity index (χ0) is 21.5. The van der Waals surface area contributed by atoms with E-state index in [4.69, 9.17) is 15.6 Å². The highest BCUT2D eigenvalue weighted by molar-refractivity contribution is 7.52. The van der Waals surface area contributed by atoms with Gasteiger partial charge < -0.3 is 30.5 Å². The zero-order valence-electron chi connectivity index (χ0n) is 16.2. The normalized spacial score (nSPS) is 13.6. The molecular formula is C15H31N2O9P. The molecule has 0 saturated heterocycles. The number of carboxylic acid groups (broad SMARTS) is 1. The fourth-order valence-corrected chi connectivity index (χ4v) is 2.06. The van der Waals surface area contributed by atoms with Crippen molar-refractivity contribution in [2.75, 3.05) is 19.7 Å². The summed E-state index contributed by atoms with van der Waals surface area (Å²) in [6, 6.07) is 0.333. The van der Waals surface area contributed by atoms with Crippen molar-refractivity contribution >= 4 is 25.6 Å². The predicted octanol–water partition coefficient (Wildman–Crippen LogP) is 1.64. The van der Waals surface area contributed by atoms with Crippen LogP contribution in [0.25, 0.3) is 0 Å². The lowest BCUT2D eigenvalue weighted by Crippen LogP contribution is -2.28. The van der Waals surface area contributed by atoms with Gasteiger partial charge in [-0.1, -0.05) is 40.5 Å². The highest BCUT2D eigenvalue weighted by atomic mass is 31.2. The molecule has 0 aromatic carbocycles. The molecule has 0 aliphatic rings. The van der Waals surface area contributed by atoms with Gasteiger partial charge in [0.15, 0.2) is 6.61 Å². The van der Waals surface area contributed by atoms with E-state index in [2.05, 4.69) is 9.26 Å². The molecule has 0 aromatic heterocycles. The Balaban J connectivity index is 0. The van der Waals surface area contributed by atoms with Gasteiger partial charge >= 0.3 is 25.6 Å². The van der Waals surface area contributed by atoms with Crippen molar-refractivity contribution in [2.24, 2.45) is 11.7 Å². The topological polar surface area (TPSA) is 174 Å². The fourth-order valence-electron chi connectivity index (χ4n) is 1.33. The van der Waals surface area contributed by atoms with Crippen molar-refractivity contribution in [2.45, 2.75) is 53.0 Å². The second-order valence-electron chi connectivity index (χ2n) is 5.94. The van der Waals surface area contributed by atoms with Gasteiger partial charge in [0.05, 0.1) is 5.92 Å². The van der Waals surface area contributed by atoms with Crippen LogP contribution in [0.2, 0.25) is 0 Å². The Labute approximate surface area is 159 Å². The number of carbonyl (C=O) groups excluding carboxylic acids is 2. The third-order valence-corrected chi connectivity index (χ3v) is 3.69. The summed E-state index contributed by atoms with van der Waals surface area (Å²) in [6.45, 7) is 5.97. The molecule has 0 aliphatic carbocycles. The van der Waals surface area contributed by atoms with Gasteiger partial charge in [0.1, 0.15) is 6.29 Å². The Hall–Kier alpha value is -1.68. The number of hydrogen-bond acceptors (Lipinski definition) is 8. The lowest BCUT2D eigenvalue weighted by atomic mass is 10.1. The van der Waals surface area contributed by atoms with Gasteiger partial charge in [0.2, 0.25) is 6.79 Å². The molecule has 0 radical (unpaired) electrons. The predicted molar refractivity (Wildman–Crippen MR) is 96.9 cm³/mol. The van der Waals surface area contributed by atoms with E-state index < -0.39 is 45.3 Å². The lowest BCUT2D eigenvalue weighted by molar-refractivity contribution is -0.156. The molecule has 0 rings (SSSR count). The second kappa shape index (κ2) is 15.4. The first kappa shape index (κ1) is 27.5. The molecule has 0 aromatic rings. The Morgan fingerprint density at radius 1 is 1.19 bits per heavy atom. The van der Waals surface area contributed by atoms with Crippen molar-refractivity contribution in [3.8, 4) is 0 Å². The number of carbonyl (C=O) groups is 3. The third kappa shape index (κ3) is 20.5. The number of esters is 1. The molecule has 27 heavy (non-hydrogen) atoms. The molecule has 0 saturated carbocycles. The number of nitrogens with one attached hydrogen (secondary N) is 1. The molecule has 0 aliphatic heterocycles. The van der Waals surface area contributed by atoms with Crippen LogP contribution >= 0.6 is 7.60 Å². The molecule has 11 nitrogen and oxygen atoms in total. The van der Waals surface area contributed by atoms with Gasteiger partial charge in [-0.2, -0.15) is 0 Å². The summed E-state index contributed by atoms with van der Waals surface area (Å²) in [5.74, 6) is -2.25. The van der Waals surface area contributed by atoms with Crippen LogP contribution in [-0.4, -0.2) is 53.8 Å². The summed E-state index contributed by atoms with van der Waals surface area (Å²) in [5.41, 5.74) is 5.11. The van der Waals surface area contributed by atoms with Crippen molar-refractivity contribution in [1.29, 1.82) is 0 Å². The maximum atomic E-state index is 11.5. The zero-order valence-corrected chi connectivity index (χ0v) is 17.1. The number of unbranched alkanes of at least 4 members (excludes halogenated alkanes) is 1. The Bertz CT molecular complexity index is 497.